The Morgan fingerprint density at radius 2 is 2.20 bits per heavy atom. The number of carbonyl (C=O) groups excluding carboxylic acids is 1. The number of carboxylic acid groups (broad SMARTS) is 1. The molecule has 1 rings (SSSR count). The van der Waals surface area contributed by atoms with Crippen LogP contribution in [-0.4, -0.2) is 53.8 Å². The molecule has 1 aliphatic rings. The van der Waals surface area contributed by atoms with Gasteiger partial charge in [0.1, 0.15) is 0 Å². The first-order valence-corrected chi connectivity index (χ1v) is 6.52. The van der Waals surface area contributed by atoms with Gasteiger partial charge in [-0.05, 0) is 5.41 Å². The lowest BCUT2D eigenvalue weighted by atomic mass is 9.85. The summed E-state index contributed by atoms with van der Waals surface area (Å²) in [5.41, 5.74) is -0.366. The van der Waals surface area contributed by atoms with Gasteiger partial charge in [-0.15, -0.1) is 0 Å². The summed E-state index contributed by atoms with van der Waals surface area (Å²) in [4.78, 5) is 24.5. The van der Waals surface area contributed by atoms with Crippen molar-refractivity contribution in [1.29, 1.82) is 5.26 Å². The van der Waals surface area contributed by atoms with Crippen molar-refractivity contribution < 1.29 is 19.4 Å². The first-order valence-electron chi connectivity index (χ1n) is 6.52. The molecule has 7 heteroatoms. The molecule has 1 heterocycles. The van der Waals surface area contributed by atoms with Crippen molar-refractivity contribution in [2.45, 2.75) is 39.3 Å². The van der Waals surface area contributed by atoms with Crippen molar-refractivity contribution in [3.63, 3.8) is 0 Å². The second kappa shape index (κ2) is 6.57. The molecule has 1 saturated heterocycles. The third-order valence-corrected chi connectivity index (χ3v) is 3.22. The van der Waals surface area contributed by atoms with Gasteiger partial charge in [0.05, 0.1) is 25.6 Å². The summed E-state index contributed by atoms with van der Waals surface area (Å²) in [6, 6.07) is 1.14. The van der Waals surface area contributed by atoms with Crippen LogP contribution in [0.3, 0.4) is 0 Å². The highest BCUT2D eigenvalue weighted by Crippen LogP contribution is 2.22. The largest absolute Gasteiger partial charge is 0.481 e. The minimum atomic E-state index is -0.956. The summed E-state index contributed by atoms with van der Waals surface area (Å²) in [5.74, 6) is -0.956. The van der Waals surface area contributed by atoms with Gasteiger partial charge in [-0.3, -0.25) is 4.79 Å². The molecular formula is C13H21N3O4. The van der Waals surface area contributed by atoms with Gasteiger partial charge in [-0.2, -0.15) is 5.26 Å². The van der Waals surface area contributed by atoms with Gasteiger partial charge in [-0.1, -0.05) is 20.8 Å². The molecule has 0 aliphatic carbocycles. The Balaban J connectivity index is 2.66. The van der Waals surface area contributed by atoms with E-state index in [0.29, 0.717) is 13.2 Å². The molecule has 0 aromatic heterocycles. The smallest absolute Gasteiger partial charge is 0.317 e. The number of amides is 2. The van der Waals surface area contributed by atoms with Gasteiger partial charge in [-0.25, -0.2) is 4.79 Å². The van der Waals surface area contributed by atoms with Crippen LogP contribution in [-0.2, 0) is 9.53 Å². The first-order chi connectivity index (χ1) is 9.24. The Morgan fingerprint density at radius 3 is 2.70 bits per heavy atom. The highest BCUT2D eigenvalue weighted by Gasteiger charge is 2.31. The van der Waals surface area contributed by atoms with Gasteiger partial charge in [0, 0.05) is 12.6 Å². The number of nitriles is 1. The Bertz CT molecular complexity index is 411. The van der Waals surface area contributed by atoms with E-state index in [0.717, 1.165) is 0 Å². The number of morpholine rings is 1. The first kappa shape index (κ1) is 16.2. The SMILES string of the molecule is CC(C)(C)C(CC(=O)O)NC(=O)N1CCOC(C#N)C1. The average molecular weight is 283 g/mol. The lowest BCUT2D eigenvalue weighted by Crippen LogP contribution is -2.54. The zero-order valence-electron chi connectivity index (χ0n) is 12.0. The molecule has 2 atom stereocenters. The number of rotatable bonds is 3. The van der Waals surface area contributed by atoms with Gasteiger partial charge < -0.3 is 20.1 Å². The molecule has 112 valence electrons. The van der Waals surface area contributed by atoms with E-state index in [-0.39, 0.29) is 24.4 Å². The minimum Gasteiger partial charge on any atom is -0.481 e. The van der Waals surface area contributed by atoms with Crippen LogP contribution in [0.1, 0.15) is 27.2 Å². The summed E-state index contributed by atoms with van der Waals surface area (Å²) in [6.45, 7) is 6.53. The normalized spacial score (nSPS) is 20.9. The highest BCUT2D eigenvalue weighted by atomic mass is 16.5. The summed E-state index contributed by atoms with van der Waals surface area (Å²) in [6.07, 6.45) is -0.761. The van der Waals surface area contributed by atoms with E-state index < -0.39 is 18.1 Å². The Morgan fingerprint density at radius 1 is 1.55 bits per heavy atom. The maximum absolute atomic E-state index is 12.2. The lowest BCUT2D eigenvalue weighted by molar-refractivity contribution is -0.138. The zero-order valence-corrected chi connectivity index (χ0v) is 12.0. The number of carboxylic acids is 1. The quantitative estimate of drug-likeness (QED) is 0.798. The van der Waals surface area contributed by atoms with Crippen LogP contribution in [0.15, 0.2) is 0 Å². The van der Waals surface area contributed by atoms with E-state index in [2.05, 4.69) is 5.32 Å². The van der Waals surface area contributed by atoms with Crippen molar-refractivity contribution in [3.8, 4) is 6.07 Å². The monoisotopic (exact) mass is 283 g/mol. The Kier molecular flexibility index (Phi) is 5.34. The highest BCUT2D eigenvalue weighted by molar-refractivity contribution is 5.76. The number of nitrogens with zero attached hydrogens (tertiary/aromatic N) is 2. The van der Waals surface area contributed by atoms with Gasteiger partial charge >= 0.3 is 12.0 Å². The Labute approximate surface area is 118 Å². The predicted molar refractivity (Wildman–Crippen MR) is 71.0 cm³/mol. The molecule has 2 amide bonds. The number of nitrogens with one attached hydrogen (secondary N) is 1. The summed E-state index contributed by atoms with van der Waals surface area (Å²) >= 11 is 0. The van der Waals surface area contributed by atoms with Crippen molar-refractivity contribution >= 4 is 12.0 Å². The third kappa shape index (κ3) is 4.70. The third-order valence-electron chi connectivity index (χ3n) is 3.22. The standard InChI is InChI=1S/C13H21N3O4/c1-13(2,3)10(6-11(17)18)15-12(19)16-4-5-20-9(7-14)8-16/h9-10H,4-6,8H2,1-3H3,(H,15,19)(H,17,18). The van der Waals surface area contributed by atoms with Crippen LogP contribution >= 0.6 is 0 Å². The molecule has 0 bridgehead atoms. The lowest BCUT2D eigenvalue weighted by Gasteiger charge is -2.35. The molecule has 7 nitrogen and oxygen atoms in total. The number of urea groups is 1. The predicted octanol–water partition coefficient (Wildman–Crippen LogP) is 0.810. The van der Waals surface area contributed by atoms with E-state index in [9.17, 15) is 9.59 Å². The fourth-order valence-electron chi connectivity index (χ4n) is 1.90. The Hall–Kier alpha value is -1.81. The number of hydrogen-bond acceptors (Lipinski definition) is 4. The number of hydrogen-bond donors (Lipinski definition) is 2. The fraction of sp³-hybridized carbons (Fsp3) is 0.769. The van der Waals surface area contributed by atoms with Gasteiger partial charge in [0.2, 0.25) is 0 Å². The average Bonchev–Trinajstić information content (AvgIpc) is 2.36. The molecule has 0 spiro atoms. The minimum absolute atomic E-state index is 0.138. The number of ether oxygens (including phenoxy) is 1. The van der Waals surface area contributed by atoms with Crippen LogP contribution in [0.25, 0.3) is 0 Å². The van der Waals surface area contributed by atoms with Crippen LogP contribution in [0.5, 0.6) is 0 Å². The van der Waals surface area contributed by atoms with Crippen LogP contribution in [0, 0.1) is 16.7 Å². The van der Waals surface area contributed by atoms with Crippen molar-refractivity contribution in [3.05, 3.63) is 0 Å². The van der Waals surface area contributed by atoms with Crippen LogP contribution in [0.2, 0.25) is 0 Å². The van der Waals surface area contributed by atoms with Crippen LogP contribution in [0.4, 0.5) is 4.79 Å². The molecule has 2 unspecified atom stereocenters. The van der Waals surface area contributed by atoms with E-state index in [1.807, 2.05) is 26.8 Å². The summed E-state index contributed by atoms with van der Waals surface area (Å²) in [5, 5.41) is 20.5. The molecule has 1 aliphatic heterocycles. The molecule has 1 fully saturated rings. The molecule has 0 saturated carbocycles. The summed E-state index contributed by atoms with van der Waals surface area (Å²) < 4.78 is 5.17. The molecule has 0 radical (unpaired) electrons. The van der Waals surface area contributed by atoms with E-state index in [1.54, 1.807) is 0 Å². The number of carbonyl (C=O) groups is 2. The van der Waals surface area contributed by atoms with Crippen molar-refractivity contribution in [1.82, 2.24) is 10.2 Å². The van der Waals surface area contributed by atoms with Crippen molar-refractivity contribution in [2.75, 3.05) is 19.7 Å². The van der Waals surface area contributed by atoms with Crippen LogP contribution < -0.4 is 5.32 Å². The zero-order chi connectivity index (χ0) is 15.3. The molecule has 0 aromatic rings. The molecule has 0 aromatic carbocycles. The molecule has 2 N–H and O–H groups in total. The molecule has 20 heavy (non-hydrogen) atoms. The maximum atomic E-state index is 12.2. The van der Waals surface area contributed by atoms with Crippen molar-refractivity contribution in [2.24, 2.45) is 5.41 Å². The van der Waals surface area contributed by atoms with Gasteiger partial charge in [0.25, 0.3) is 0 Å². The van der Waals surface area contributed by atoms with E-state index >= 15 is 0 Å². The topological polar surface area (TPSA) is 103 Å². The second-order valence-electron chi connectivity index (χ2n) is 5.90. The fourth-order valence-corrected chi connectivity index (χ4v) is 1.90. The van der Waals surface area contributed by atoms with E-state index in [1.165, 1.54) is 4.90 Å². The maximum Gasteiger partial charge on any atom is 0.317 e. The van der Waals surface area contributed by atoms with E-state index in [4.69, 9.17) is 15.1 Å². The second-order valence-corrected chi connectivity index (χ2v) is 5.90. The van der Waals surface area contributed by atoms with Gasteiger partial charge in [0.15, 0.2) is 6.10 Å². The summed E-state index contributed by atoms with van der Waals surface area (Å²) in [7, 11) is 0. The molecular weight excluding hydrogens is 262 g/mol. The number of aliphatic carboxylic acids is 1.